The third-order valence-corrected chi connectivity index (χ3v) is 3.15. The fourth-order valence-electron chi connectivity index (χ4n) is 2.10. The number of piperidine rings is 1. The van der Waals surface area contributed by atoms with Crippen molar-refractivity contribution in [3.8, 4) is 5.75 Å². The zero-order valence-corrected chi connectivity index (χ0v) is 9.82. The van der Waals surface area contributed by atoms with E-state index in [0.29, 0.717) is 18.1 Å². The maximum absolute atomic E-state index is 9.68. The molecular weight excluding hydrogens is 226 g/mol. The van der Waals surface area contributed by atoms with Crippen molar-refractivity contribution in [2.45, 2.75) is 25.5 Å². The van der Waals surface area contributed by atoms with Crippen LogP contribution in [0.25, 0.3) is 0 Å². The number of aromatic hydroxyl groups is 1. The number of phenolic OH excluding ortho intramolecular Hbond substituents is 1. The van der Waals surface area contributed by atoms with Gasteiger partial charge in [-0.25, -0.2) is 0 Å². The van der Waals surface area contributed by atoms with Gasteiger partial charge in [0.1, 0.15) is 5.75 Å². The summed E-state index contributed by atoms with van der Waals surface area (Å²) in [4.78, 5) is 2.14. The molecule has 0 bridgehead atoms. The lowest BCUT2D eigenvalue weighted by Crippen LogP contribution is -2.37. The number of aliphatic hydroxyl groups excluding tert-OH is 1. The van der Waals surface area contributed by atoms with Crippen LogP contribution >= 0.6 is 11.6 Å². The molecule has 2 rings (SSSR count). The van der Waals surface area contributed by atoms with Gasteiger partial charge in [0.25, 0.3) is 0 Å². The molecule has 1 fully saturated rings. The zero-order valence-electron chi connectivity index (χ0n) is 9.06. The summed E-state index contributed by atoms with van der Waals surface area (Å²) >= 11 is 5.88. The standard InChI is InChI=1S/C12H16ClNO2/c13-10-3-4-12(16)9(6-10)7-14-5-1-2-11(15)8-14/h3-4,6,11,15-16H,1-2,5,7-8H2/t11-/m0/s1. The molecule has 1 aromatic rings. The number of β-amino-alcohol motifs (C(OH)–C–C–N with tert-alkyl or cyclic N) is 1. The number of likely N-dealkylation sites (tertiary alicyclic amines) is 1. The Morgan fingerprint density at radius 3 is 3.00 bits per heavy atom. The number of benzene rings is 1. The number of rotatable bonds is 2. The molecule has 4 heteroatoms. The molecule has 1 aliphatic heterocycles. The quantitative estimate of drug-likeness (QED) is 0.833. The van der Waals surface area contributed by atoms with Gasteiger partial charge < -0.3 is 10.2 Å². The van der Waals surface area contributed by atoms with Crippen molar-refractivity contribution in [1.82, 2.24) is 4.90 Å². The summed E-state index contributed by atoms with van der Waals surface area (Å²) < 4.78 is 0. The van der Waals surface area contributed by atoms with Crippen molar-refractivity contribution in [3.05, 3.63) is 28.8 Å². The summed E-state index contributed by atoms with van der Waals surface area (Å²) in [5.41, 5.74) is 0.821. The normalized spacial score (nSPS) is 22.2. The smallest absolute Gasteiger partial charge is 0.120 e. The second-order valence-electron chi connectivity index (χ2n) is 4.30. The third-order valence-electron chi connectivity index (χ3n) is 2.92. The summed E-state index contributed by atoms with van der Waals surface area (Å²) in [6.45, 7) is 2.28. The first-order chi connectivity index (χ1) is 7.65. The van der Waals surface area contributed by atoms with Crippen molar-refractivity contribution >= 4 is 11.6 Å². The largest absolute Gasteiger partial charge is 0.508 e. The molecule has 0 aliphatic carbocycles. The van der Waals surface area contributed by atoms with Crippen LogP contribution < -0.4 is 0 Å². The van der Waals surface area contributed by atoms with Gasteiger partial charge in [-0.1, -0.05) is 11.6 Å². The fraction of sp³-hybridized carbons (Fsp3) is 0.500. The van der Waals surface area contributed by atoms with Crippen LogP contribution in [0.5, 0.6) is 5.75 Å². The molecule has 0 spiro atoms. The molecule has 1 atom stereocenters. The van der Waals surface area contributed by atoms with Crippen LogP contribution in [-0.4, -0.2) is 34.3 Å². The summed E-state index contributed by atoms with van der Waals surface area (Å²) in [5, 5.41) is 19.9. The second-order valence-corrected chi connectivity index (χ2v) is 4.74. The van der Waals surface area contributed by atoms with Crippen LogP contribution in [0.1, 0.15) is 18.4 Å². The first kappa shape index (κ1) is 11.7. The summed E-state index contributed by atoms with van der Waals surface area (Å²) in [6, 6.07) is 5.06. The Hall–Kier alpha value is -0.770. The van der Waals surface area contributed by atoms with E-state index in [1.807, 2.05) is 0 Å². The van der Waals surface area contributed by atoms with E-state index in [0.717, 1.165) is 24.9 Å². The van der Waals surface area contributed by atoms with Crippen molar-refractivity contribution in [2.24, 2.45) is 0 Å². The van der Waals surface area contributed by atoms with Crippen LogP contribution in [0, 0.1) is 0 Å². The molecule has 2 N–H and O–H groups in total. The minimum Gasteiger partial charge on any atom is -0.508 e. The second kappa shape index (κ2) is 5.04. The predicted molar refractivity (Wildman–Crippen MR) is 63.6 cm³/mol. The first-order valence-electron chi connectivity index (χ1n) is 5.53. The topological polar surface area (TPSA) is 43.7 Å². The Morgan fingerprint density at radius 1 is 1.44 bits per heavy atom. The maximum Gasteiger partial charge on any atom is 0.120 e. The molecule has 0 unspecified atom stereocenters. The highest BCUT2D eigenvalue weighted by molar-refractivity contribution is 6.30. The van der Waals surface area contributed by atoms with E-state index in [2.05, 4.69) is 4.90 Å². The molecule has 16 heavy (non-hydrogen) atoms. The van der Waals surface area contributed by atoms with Crippen molar-refractivity contribution in [2.75, 3.05) is 13.1 Å². The summed E-state index contributed by atoms with van der Waals surface area (Å²) in [6.07, 6.45) is 1.63. The van der Waals surface area contributed by atoms with E-state index in [1.165, 1.54) is 0 Å². The SMILES string of the molecule is Oc1ccc(Cl)cc1CN1CCC[C@H](O)C1. The minimum atomic E-state index is -0.241. The van der Waals surface area contributed by atoms with E-state index in [9.17, 15) is 10.2 Å². The molecule has 1 aromatic carbocycles. The van der Waals surface area contributed by atoms with Crippen molar-refractivity contribution in [1.29, 1.82) is 0 Å². The highest BCUT2D eigenvalue weighted by Gasteiger charge is 2.18. The van der Waals surface area contributed by atoms with Gasteiger partial charge in [-0.15, -0.1) is 0 Å². The number of halogens is 1. The zero-order chi connectivity index (χ0) is 11.5. The average Bonchev–Trinajstić information content (AvgIpc) is 2.24. The lowest BCUT2D eigenvalue weighted by atomic mass is 10.1. The van der Waals surface area contributed by atoms with E-state index in [4.69, 9.17) is 11.6 Å². The van der Waals surface area contributed by atoms with Gasteiger partial charge in [-0.2, -0.15) is 0 Å². The predicted octanol–water partition coefficient (Wildman–Crippen LogP) is 2.00. The Bertz CT molecular complexity index is 370. The van der Waals surface area contributed by atoms with E-state index in [-0.39, 0.29) is 11.9 Å². The van der Waals surface area contributed by atoms with E-state index in [1.54, 1.807) is 18.2 Å². The van der Waals surface area contributed by atoms with Crippen LogP contribution in [-0.2, 0) is 6.54 Å². The molecule has 0 aromatic heterocycles. The van der Waals surface area contributed by atoms with Crippen LogP contribution in [0.15, 0.2) is 18.2 Å². The highest BCUT2D eigenvalue weighted by atomic mass is 35.5. The molecule has 88 valence electrons. The summed E-state index contributed by atoms with van der Waals surface area (Å²) in [7, 11) is 0. The number of hydrogen-bond donors (Lipinski definition) is 2. The Morgan fingerprint density at radius 2 is 2.25 bits per heavy atom. The number of nitrogens with zero attached hydrogens (tertiary/aromatic N) is 1. The monoisotopic (exact) mass is 241 g/mol. The lowest BCUT2D eigenvalue weighted by Gasteiger charge is -2.30. The first-order valence-corrected chi connectivity index (χ1v) is 5.91. The molecule has 1 aliphatic rings. The third kappa shape index (κ3) is 2.88. The van der Waals surface area contributed by atoms with Gasteiger partial charge in [0.15, 0.2) is 0 Å². The van der Waals surface area contributed by atoms with Gasteiger partial charge in [-0.3, -0.25) is 4.90 Å². The molecule has 1 saturated heterocycles. The summed E-state index contributed by atoms with van der Waals surface area (Å²) in [5.74, 6) is 0.268. The number of hydrogen-bond acceptors (Lipinski definition) is 3. The molecule has 0 radical (unpaired) electrons. The fourth-order valence-corrected chi connectivity index (χ4v) is 2.29. The van der Waals surface area contributed by atoms with Crippen molar-refractivity contribution < 1.29 is 10.2 Å². The Labute approximate surface area is 100 Å². The molecular formula is C12H16ClNO2. The highest BCUT2D eigenvalue weighted by Crippen LogP contribution is 2.24. The molecule has 0 saturated carbocycles. The minimum absolute atomic E-state index is 0.241. The van der Waals surface area contributed by atoms with E-state index < -0.39 is 0 Å². The van der Waals surface area contributed by atoms with Crippen LogP contribution in [0.4, 0.5) is 0 Å². The number of aliphatic hydroxyl groups is 1. The van der Waals surface area contributed by atoms with Gasteiger partial charge in [0, 0.05) is 23.7 Å². The Balaban J connectivity index is 2.05. The molecule has 0 amide bonds. The van der Waals surface area contributed by atoms with E-state index >= 15 is 0 Å². The maximum atomic E-state index is 9.68. The molecule has 1 heterocycles. The Kier molecular flexibility index (Phi) is 3.69. The van der Waals surface area contributed by atoms with Gasteiger partial charge >= 0.3 is 0 Å². The average molecular weight is 242 g/mol. The van der Waals surface area contributed by atoms with Crippen LogP contribution in [0.2, 0.25) is 5.02 Å². The van der Waals surface area contributed by atoms with Gasteiger partial charge in [-0.05, 0) is 37.6 Å². The van der Waals surface area contributed by atoms with Gasteiger partial charge in [0.05, 0.1) is 6.10 Å². The van der Waals surface area contributed by atoms with Crippen LogP contribution in [0.3, 0.4) is 0 Å². The lowest BCUT2D eigenvalue weighted by molar-refractivity contribution is 0.0664. The number of phenols is 1. The van der Waals surface area contributed by atoms with Crippen molar-refractivity contribution in [3.63, 3.8) is 0 Å². The van der Waals surface area contributed by atoms with Gasteiger partial charge in [0.2, 0.25) is 0 Å². The molecule has 3 nitrogen and oxygen atoms in total.